The monoisotopic (exact) mass is 531 g/mol. The Labute approximate surface area is 217 Å². The predicted octanol–water partition coefficient (Wildman–Crippen LogP) is 9.47. The van der Waals surface area contributed by atoms with E-state index in [1.54, 1.807) is 0 Å². The molecule has 4 aromatic rings. The van der Waals surface area contributed by atoms with Crippen molar-refractivity contribution in [3.63, 3.8) is 0 Å². The van der Waals surface area contributed by atoms with E-state index in [1.807, 2.05) is 90.1 Å². The summed E-state index contributed by atoms with van der Waals surface area (Å²) in [6.07, 6.45) is 0.216. The highest BCUT2D eigenvalue weighted by molar-refractivity contribution is 7.53. The van der Waals surface area contributed by atoms with Crippen molar-refractivity contribution >= 4 is 52.6 Å². The van der Waals surface area contributed by atoms with E-state index in [2.05, 4.69) is 16.7 Å². The van der Waals surface area contributed by atoms with Gasteiger partial charge in [-0.05, 0) is 89.1 Å². The van der Waals surface area contributed by atoms with Crippen LogP contribution in [0.3, 0.4) is 0 Å². The first-order valence-electron chi connectivity index (χ1n) is 11.7. The minimum atomic E-state index is -3.36. The third-order valence-corrected chi connectivity index (χ3v) is 8.23. The van der Waals surface area contributed by atoms with Crippen LogP contribution in [0.15, 0.2) is 60.7 Å². The molecule has 7 heteroatoms. The van der Waals surface area contributed by atoms with Gasteiger partial charge in [-0.2, -0.15) is 0 Å². The fourth-order valence-electron chi connectivity index (χ4n) is 4.29. The molecule has 0 radical (unpaired) electrons. The topological polar surface area (TPSA) is 40.5 Å². The van der Waals surface area contributed by atoms with Crippen molar-refractivity contribution in [3.05, 3.63) is 81.8 Å². The largest absolute Gasteiger partial charge is 0.336 e. The molecule has 1 heterocycles. The summed E-state index contributed by atoms with van der Waals surface area (Å²) in [5, 5.41) is 3.54. The van der Waals surface area contributed by atoms with Crippen molar-refractivity contribution in [1.29, 1.82) is 0 Å². The van der Waals surface area contributed by atoms with E-state index >= 15 is 0 Å². The van der Waals surface area contributed by atoms with Crippen LogP contribution in [0.1, 0.15) is 52.7 Å². The van der Waals surface area contributed by atoms with E-state index in [1.165, 1.54) is 0 Å². The maximum Gasteiger partial charge on any atom is 0.336 e. The van der Waals surface area contributed by atoms with Crippen LogP contribution in [-0.2, 0) is 26.3 Å². The highest BCUT2D eigenvalue weighted by atomic mass is 35.5. The molecular formula is C28H32Cl2NO3P. The summed E-state index contributed by atoms with van der Waals surface area (Å²) < 4.78 is 27.8. The molecule has 35 heavy (non-hydrogen) atoms. The molecule has 0 aliphatic heterocycles. The van der Waals surface area contributed by atoms with Crippen LogP contribution in [0.25, 0.3) is 21.8 Å². The summed E-state index contributed by atoms with van der Waals surface area (Å²) in [6, 6.07) is 20.0. The van der Waals surface area contributed by atoms with Gasteiger partial charge in [0, 0.05) is 38.4 Å². The van der Waals surface area contributed by atoms with Gasteiger partial charge in [0.2, 0.25) is 0 Å². The lowest BCUT2D eigenvalue weighted by Gasteiger charge is -2.32. The Morgan fingerprint density at radius 1 is 0.714 bits per heavy atom. The Kier molecular flexibility index (Phi) is 7.18. The summed E-state index contributed by atoms with van der Waals surface area (Å²) in [5.41, 5.74) is 3.06. The molecule has 0 atom stereocenters. The number of hydrogen-bond donors (Lipinski definition) is 0. The molecule has 0 spiro atoms. The van der Waals surface area contributed by atoms with Crippen molar-refractivity contribution in [2.75, 3.05) is 0 Å². The van der Waals surface area contributed by atoms with E-state index in [0.29, 0.717) is 16.6 Å². The Bertz CT molecular complexity index is 1330. The molecule has 0 fully saturated rings. The van der Waals surface area contributed by atoms with Crippen molar-refractivity contribution in [2.45, 2.75) is 65.5 Å². The predicted molar refractivity (Wildman–Crippen MR) is 148 cm³/mol. The minimum absolute atomic E-state index is 0.216. The molecule has 0 bridgehead atoms. The zero-order chi connectivity index (χ0) is 25.6. The lowest BCUT2D eigenvalue weighted by Crippen LogP contribution is -2.24. The van der Waals surface area contributed by atoms with Crippen LogP contribution in [0.2, 0.25) is 10.0 Å². The lowest BCUT2D eigenvalue weighted by molar-refractivity contribution is 0.0485. The van der Waals surface area contributed by atoms with Gasteiger partial charge >= 0.3 is 7.60 Å². The van der Waals surface area contributed by atoms with Gasteiger partial charge in [-0.1, -0.05) is 47.5 Å². The zero-order valence-corrected chi connectivity index (χ0v) is 23.5. The number of rotatable bonds is 6. The Morgan fingerprint density at radius 2 is 1.14 bits per heavy atom. The summed E-state index contributed by atoms with van der Waals surface area (Å²) in [5.74, 6) is 0. The molecule has 4 rings (SSSR count). The van der Waals surface area contributed by atoms with Crippen LogP contribution in [0.5, 0.6) is 0 Å². The second kappa shape index (κ2) is 9.57. The fraction of sp³-hybridized carbons (Fsp3) is 0.357. The van der Waals surface area contributed by atoms with Crippen molar-refractivity contribution < 1.29 is 13.6 Å². The minimum Gasteiger partial charge on any atom is -0.336 e. The van der Waals surface area contributed by atoms with Crippen molar-refractivity contribution in [1.82, 2.24) is 4.57 Å². The van der Waals surface area contributed by atoms with Crippen LogP contribution in [-0.4, -0.2) is 15.8 Å². The van der Waals surface area contributed by atoms with Crippen LogP contribution >= 0.6 is 30.8 Å². The Hall–Kier alpha value is -1.81. The molecule has 3 aromatic carbocycles. The molecule has 0 amide bonds. The van der Waals surface area contributed by atoms with Gasteiger partial charge in [0.25, 0.3) is 0 Å². The maximum absolute atomic E-state index is 13.6. The summed E-state index contributed by atoms with van der Waals surface area (Å²) >= 11 is 12.6. The molecule has 4 nitrogen and oxygen atoms in total. The van der Waals surface area contributed by atoms with Gasteiger partial charge < -0.3 is 13.6 Å². The van der Waals surface area contributed by atoms with Gasteiger partial charge in [0.15, 0.2) is 0 Å². The van der Waals surface area contributed by atoms with Crippen molar-refractivity contribution in [3.8, 4) is 0 Å². The number of halogens is 2. The summed E-state index contributed by atoms with van der Waals surface area (Å²) in [7, 11) is -3.36. The molecule has 1 aromatic heterocycles. The third-order valence-electron chi connectivity index (χ3n) is 5.35. The van der Waals surface area contributed by atoms with Gasteiger partial charge in [-0.25, -0.2) is 0 Å². The number of fused-ring (bicyclic) bond motifs is 3. The number of aromatic nitrogens is 1. The van der Waals surface area contributed by atoms with Crippen molar-refractivity contribution in [2.24, 2.45) is 0 Å². The lowest BCUT2D eigenvalue weighted by atomic mass is 10.1. The van der Waals surface area contributed by atoms with E-state index in [4.69, 9.17) is 32.2 Å². The normalized spacial score (nSPS) is 13.1. The molecule has 0 saturated carbocycles. The van der Waals surface area contributed by atoms with Gasteiger partial charge in [-0.15, -0.1) is 0 Å². The molecule has 186 valence electrons. The molecule has 0 unspecified atom stereocenters. The van der Waals surface area contributed by atoms with Gasteiger partial charge in [0.1, 0.15) is 0 Å². The van der Waals surface area contributed by atoms with Gasteiger partial charge in [0.05, 0.1) is 17.4 Å². The second-order valence-electron chi connectivity index (χ2n) is 10.9. The fourth-order valence-corrected chi connectivity index (χ4v) is 7.13. The standard InChI is InChI=1S/C28H32Cl2NO3P/c1-27(2,3)33-35(32,34-28(4,5)6)18-20-9-7-19(8-10-20)17-31-25-13-11-21(29)15-23(25)24-16-22(30)12-14-26(24)31/h7-16H,17-18H2,1-6H3. The second-order valence-corrected chi connectivity index (χ2v) is 13.7. The van der Waals surface area contributed by atoms with E-state index < -0.39 is 18.8 Å². The maximum atomic E-state index is 13.6. The molecule has 0 aliphatic carbocycles. The first-order valence-corrected chi connectivity index (χ1v) is 14.2. The quantitative estimate of drug-likeness (QED) is 0.232. The average Bonchev–Trinajstić information content (AvgIpc) is 2.98. The highest BCUT2D eigenvalue weighted by Gasteiger charge is 2.35. The van der Waals surface area contributed by atoms with E-state index in [9.17, 15) is 4.57 Å². The third kappa shape index (κ3) is 6.50. The highest BCUT2D eigenvalue weighted by Crippen LogP contribution is 2.56. The smallest absolute Gasteiger partial charge is 0.336 e. The Balaban J connectivity index is 1.64. The molecule has 0 N–H and O–H groups in total. The number of hydrogen-bond acceptors (Lipinski definition) is 3. The Morgan fingerprint density at radius 3 is 1.57 bits per heavy atom. The molecule has 0 aliphatic rings. The molecule has 0 saturated heterocycles. The first-order chi connectivity index (χ1) is 16.2. The SMILES string of the molecule is CC(C)(C)OP(=O)(Cc1ccc(Cn2c3ccc(Cl)cc3c3cc(Cl)ccc32)cc1)OC(C)(C)C. The van der Waals surface area contributed by atoms with Crippen LogP contribution in [0, 0.1) is 0 Å². The number of benzene rings is 3. The van der Waals surface area contributed by atoms with E-state index in [-0.39, 0.29) is 6.16 Å². The number of nitrogens with zero attached hydrogens (tertiary/aromatic N) is 1. The summed E-state index contributed by atoms with van der Waals surface area (Å²) in [4.78, 5) is 0. The van der Waals surface area contributed by atoms with E-state index in [0.717, 1.165) is 32.9 Å². The zero-order valence-electron chi connectivity index (χ0n) is 21.1. The van der Waals surface area contributed by atoms with Crippen LogP contribution in [0.4, 0.5) is 0 Å². The first kappa shape index (κ1) is 26.3. The van der Waals surface area contributed by atoms with Crippen LogP contribution < -0.4 is 0 Å². The summed E-state index contributed by atoms with van der Waals surface area (Å²) in [6.45, 7) is 12.0. The van der Waals surface area contributed by atoms with Gasteiger partial charge in [-0.3, -0.25) is 4.57 Å². The average molecular weight is 532 g/mol. The molecular weight excluding hydrogens is 500 g/mol.